The molecule has 1 aliphatic rings. The van der Waals surface area contributed by atoms with Crippen LogP contribution in [-0.4, -0.2) is 51.2 Å². The van der Waals surface area contributed by atoms with E-state index in [1.54, 1.807) is 18.2 Å². The summed E-state index contributed by atoms with van der Waals surface area (Å²) in [7, 11) is 0. The van der Waals surface area contributed by atoms with Gasteiger partial charge in [0.2, 0.25) is 5.91 Å². The number of hydrogen-bond acceptors (Lipinski definition) is 6. The molecule has 3 rings (SSSR count). The van der Waals surface area contributed by atoms with Crippen LogP contribution in [0.5, 0.6) is 0 Å². The van der Waals surface area contributed by atoms with Gasteiger partial charge in [0.25, 0.3) is 5.91 Å². The summed E-state index contributed by atoms with van der Waals surface area (Å²) in [6.07, 6.45) is 0. The van der Waals surface area contributed by atoms with E-state index in [0.29, 0.717) is 64.5 Å². The van der Waals surface area contributed by atoms with Crippen molar-refractivity contribution in [3.8, 4) is 17.2 Å². The summed E-state index contributed by atoms with van der Waals surface area (Å²) in [6.45, 7) is 4.39. The van der Waals surface area contributed by atoms with E-state index in [1.165, 1.54) is 18.3 Å². The molecule has 10 heteroatoms. The first kappa shape index (κ1) is 22.4. The number of hydrogen-bond donors (Lipinski definition) is 2. The first-order chi connectivity index (χ1) is 14.4. The second kappa shape index (κ2) is 10.1. The van der Waals surface area contributed by atoms with Gasteiger partial charge in [0.15, 0.2) is 0 Å². The number of benzene rings is 1. The maximum Gasteiger partial charge on any atom is 0.262 e. The van der Waals surface area contributed by atoms with Crippen LogP contribution in [0.1, 0.15) is 22.2 Å². The molecule has 158 valence electrons. The van der Waals surface area contributed by atoms with Gasteiger partial charge in [-0.2, -0.15) is 5.26 Å². The monoisotopic (exact) mass is 466 g/mol. The molecule has 1 aliphatic heterocycles. The highest BCUT2D eigenvalue weighted by Crippen LogP contribution is 2.43. The molecule has 0 aliphatic carbocycles. The summed E-state index contributed by atoms with van der Waals surface area (Å²) >= 11 is 13.5. The minimum atomic E-state index is -0.317. The lowest BCUT2D eigenvalue weighted by Gasteiger charge is -2.27. The Morgan fingerprint density at radius 3 is 2.53 bits per heavy atom. The Hall–Kier alpha value is -2.31. The number of nitriles is 1. The summed E-state index contributed by atoms with van der Waals surface area (Å²) < 4.78 is 5.41. The Labute approximate surface area is 188 Å². The van der Waals surface area contributed by atoms with E-state index in [0.717, 1.165) is 5.00 Å². The molecular formula is C20H20Cl2N4O3S. The number of carbonyl (C=O) groups is 2. The standard InChI is InChI=1S/C20H20Cl2N4O3S/c1-12(27)24-4-5-25-19(28)18-17(13-2-3-15(21)16(22)10-13)14(11-23)20(30-18)26-6-8-29-9-7-26/h2-3,10H,4-9H2,1H3,(H,24,27)(H,25,28). The largest absolute Gasteiger partial charge is 0.378 e. The molecule has 2 amide bonds. The van der Waals surface area contributed by atoms with Gasteiger partial charge in [0.05, 0.1) is 28.8 Å². The molecule has 0 unspecified atom stereocenters. The first-order valence-corrected chi connectivity index (χ1v) is 10.9. The molecule has 1 saturated heterocycles. The summed E-state index contributed by atoms with van der Waals surface area (Å²) in [6, 6.07) is 7.31. The summed E-state index contributed by atoms with van der Waals surface area (Å²) in [5.41, 5.74) is 1.59. The summed E-state index contributed by atoms with van der Waals surface area (Å²) in [5.74, 6) is -0.485. The van der Waals surface area contributed by atoms with Crippen LogP contribution in [0, 0.1) is 11.3 Å². The quantitative estimate of drug-likeness (QED) is 0.636. The zero-order valence-corrected chi connectivity index (χ0v) is 18.6. The highest BCUT2D eigenvalue weighted by Gasteiger charge is 2.28. The Morgan fingerprint density at radius 2 is 1.90 bits per heavy atom. The Balaban J connectivity index is 2.01. The average Bonchev–Trinajstić information content (AvgIpc) is 3.13. The van der Waals surface area contributed by atoms with Gasteiger partial charge in [0, 0.05) is 38.7 Å². The third kappa shape index (κ3) is 5.05. The SMILES string of the molecule is CC(=O)NCCNC(=O)c1sc(N2CCOCC2)c(C#N)c1-c1ccc(Cl)c(Cl)c1. The van der Waals surface area contributed by atoms with Crippen LogP contribution in [0.3, 0.4) is 0 Å². The van der Waals surface area contributed by atoms with Crippen molar-refractivity contribution >= 4 is 51.4 Å². The van der Waals surface area contributed by atoms with E-state index in [-0.39, 0.29) is 18.4 Å². The fourth-order valence-electron chi connectivity index (χ4n) is 3.09. The smallest absolute Gasteiger partial charge is 0.262 e. The van der Waals surface area contributed by atoms with Crippen molar-refractivity contribution in [1.29, 1.82) is 5.26 Å². The molecule has 0 radical (unpaired) electrons. The Kier molecular flexibility index (Phi) is 7.56. The van der Waals surface area contributed by atoms with Crippen molar-refractivity contribution in [2.24, 2.45) is 0 Å². The second-order valence-electron chi connectivity index (χ2n) is 6.57. The summed E-state index contributed by atoms with van der Waals surface area (Å²) in [4.78, 5) is 26.5. The number of anilines is 1. The molecule has 0 bridgehead atoms. The highest BCUT2D eigenvalue weighted by atomic mass is 35.5. The van der Waals surface area contributed by atoms with E-state index in [4.69, 9.17) is 27.9 Å². The number of thiophene rings is 1. The lowest BCUT2D eigenvalue weighted by atomic mass is 10.0. The molecule has 0 atom stereocenters. The number of carbonyl (C=O) groups excluding carboxylic acids is 2. The molecule has 30 heavy (non-hydrogen) atoms. The number of amides is 2. The number of nitrogens with zero attached hydrogens (tertiary/aromatic N) is 2. The number of rotatable bonds is 6. The third-order valence-electron chi connectivity index (χ3n) is 4.50. The van der Waals surface area contributed by atoms with Gasteiger partial charge in [-0.15, -0.1) is 11.3 Å². The maximum absolute atomic E-state index is 13.0. The van der Waals surface area contributed by atoms with E-state index in [1.807, 2.05) is 0 Å². The number of nitrogens with one attached hydrogen (secondary N) is 2. The molecule has 2 heterocycles. The minimum Gasteiger partial charge on any atom is -0.378 e. The van der Waals surface area contributed by atoms with E-state index >= 15 is 0 Å². The van der Waals surface area contributed by atoms with Gasteiger partial charge >= 0.3 is 0 Å². The molecule has 2 aromatic rings. The van der Waals surface area contributed by atoms with Crippen LogP contribution in [0.4, 0.5) is 5.00 Å². The number of ether oxygens (including phenoxy) is 1. The fraction of sp³-hybridized carbons (Fsp3) is 0.350. The van der Waals surface area contributed by atoms with Crippen molar-refractivity contribution in [2.45, 2.75) is 6.92 Å². The van der Waals surface area contributed by atoms with Gasteiger partial charge in [-0.1, -0.05) is 29.3 Å². The molecule has 1 aromatic heterocycles. The van der Waals surface area contributed by atoms with Crippen molar-refractivity contribution in [3.63, 3.8) is 0 Å². The van der Waals surface area contributed by atoms with E-state index < -0.39 is 0 Å². The Bertz CT molecular complexity index is 997. The maximum atomic E-state index is 13.0. The van der Waals surface area contributed by atoms with E-state index in [9.17, 15) is 14.9 Å². The zero-order chi connectivity index (χ0) is 21.7. The molecule has 1 aromatic carbocycles. The molecule has 2 N–H and O–H groups in total. The minimum absolute atomic E-state index is 0.168. The van der Waals surface area contributed by atoms with Crippen LogP contribution in [-0.2, 0) is 9.53 Å². The lowest BCUT2D eigenvalue weighted by molar-refractivity contribution is -0.118. The van der Waals surface area contributed by atoms with Crippen LogP contribution >= 0.6 is 34.5 Å². The summed E-state index contributed by atoms with van der Waals surface area (Å²) in [5, 5.41) is 16.8. The van der Waals surface area contributed by atoms with Gasteiger partial charge in [-0.25, -0.2) is 0 Å². The van der Waals surface area contributed by atoms with Gasteiger partial charge in [-0.3, -0.25) is 9.59 Å². The van der Waals surface area contributed by atoms with Gasteiger partial charge in [0.1, 0.15) is 15.9 Å². The first-order valence-electron chi connectivity index (χ1n) is 9.30. The molecule has 1 fully saturated rings. The van der Waals surface area contributed by atoms with Crippen molar-refractivity contribution in [2.75, 3.05) is 44.3 Å². The van der Waals surface area contributed by atoms with Gasteiger partial charge < -0.3 is 20.3 Å². The molecule has 0 spiro atoms. The van der Waals surface area contributed by atoms with Crippen molar-refractivity contribution in [1.82, 2.24) is 10.6 Å². The van der Waals surface area contributed by atoms with Crippen LogP contribution < -0.4 is 15.5 Å². The second-order valence-corrected chi connectivity index (χ2v) is 8.38. The van der Waals surface area contributed by atoms with Crippen LogP contribution in [0.25, 0.3) is 11.1 Å². The van der Waals surface area contributed by atoms with Gasteiger partial charge in [-0.05, 0) is 17.7 Å². The van der Waals surface area contributed by atoms with Crippen LogP contribution in [0.15, 0.2) is 18.2 Å². The Morgan fingerprint density at radius 1 is 1.20 bits per heavy atom. The van der Waals surface area contributed by atoms with Crippen molar-refractivity contribution < 1.29 is 14.3 Å². The highest BCUT2D eigenvalue weighted by molar-refractivity contribution is 7.19. The predicted molar refractivity (Wildman–Crippen MR) is 119 cm³/mol. The van der Waals surface area contributed by atoms with Crippen molar-refractivity contribution in [3.05, 3.63) is 38.7 Å². The van der Waals surface area contributed by atoms with Crippen LogP contribution in [0.2, 0.25) is 10.0 Å². The number of halogens is 2. The average molecular weight is 467 g/mol. The molecule has 0 saturated carbocycles. The topological polar surface area (TPSA) is 94.5 Å². The zero-order valence-electron chi connectivity index (χ0n) is 16.3. The third-order valence-corrected chi connectivity index (χ3v) is 6.49. The number of morpholine rings is 1. The molecular weight excluding hydrogens is 447 g/mol. The predicted octanol–water partition coefficient (Wildman–Crippen LogP) is 3.30. The molecule has 7 nitrogen and oxygen atoms in total. The fourth-order valence-corrected chi connectivity index (χ4v) is 4.63. The normalized spacial score (nSPS) is 13.6. The lowest BCUT2D eigenvalue weighted by Crippen LogP contribution is -2.36. The van der Waals surface area contributed by atoms with E-state index in [2.05, 4.69) is 21.6 Å².